The summed E-state index contributed by atoms with van der Waals surface area (Å²) in [7, 11) is 1.47. The highest BCUT2D eigenvalue weighted by Gasteiger charge is 2.43. The molecule has 0 saturated carbocycles. The Labute approximate surface area is 97.8 Å². The minimum absolute atomic E-state index is 0.112. The Bertz CT molecular complexity index is 418. The number of aliphatic carboxylic acids is 1. The van der Waals surface area contributed by atoms with E-state index in [1.165, 1.54) is 19.5 Å². The zero-order valence-corrected chi connectivity index (χ0v) is 9.34. The van der Waals surface area contributed by atoms with E-state index in [-0.39, 0.29) is 6.61 Å². The molecule has 1 aromatic heterocycles. The van der Waals surface area contributed by atoms with Crippen LogP contribution in [0, 0.1) is 0 Å². The van der Waals surface area contributed by atoms with Crippen LogP contribution in [0.3, 0.4) is 0 Å². The van der Waals surface area contributed by atoms with Crippen molar-refractivity contribution < 1.29 is 19.4 Å². The van der Waals surface area contributed by atoms with Gasteiger partial charge in [0.1, 0.15) is 5.82 Å². The van der Waals surface area contributed by atoms with Crippen molar-refractivity contribution in [2.75, 3.05) is 25.6 Å². The summed E-state index contributed by atoms with van der Waals surface area (Å²) >= 11 is 0. The summed E-state index contributed by atoms with van der Waals surface area (Å²) in [6.45, 7) is 0.526. The lowest BCUT2D eigenvalue weighted by Crippen LogP contribution is -2.47. The fourth-order valence-electron chi connectivity index (χ4n) is 1.64. The first-order chi connectivity index (χ1) is 8.16. The van der Waals surface area contributed by atoms with E-state index < -0.39 is 11.5 Å². The van der Waals surface area contributed by atoms with Gasteiger partial charge >= 0.3 is 5.97 Å². The van der Waals surface area contributed by atoms with Crippen molar-refractivity contribution in [1.29, 1.82) is 0 Å². The SMILES string of the molecule is COc1cncc(NC2(C(=O)O)CCOC2)n1. The number of ether oxygens (including phenoxy) is 2. The molecule has 0 aromatic carbocycles. The molecule has 0 spiro atoms. The number of hydrogen-bond donors (Lipinski definition) is 2. The molecule has 1 aliphatic rings. The molecule has 2 rings (SSSR count). The second-order valence-corrected chi connectivity index (χ2v) is 3.76. The zero-order chi connectivity index (χ0) is 12.3. The second-order valence-electron chi connectivity index (χ2n) is 3.76. The summed E-state index contributed by atoms with van der Waals surface area (Å²) in [5.41, 5.74) is -1.12. The standard InChI is InChI=1S/C10H13N3O4/c1-16-8-5-11-4-7(12-8)13-10(9(14)15)2-3-17-6-10/h4-5H,2-3,6H2,1H3,(H,12,13)(H,14,15). The Morgan fingerprint density at radius 2 is 2.47 bits per heavy atom. The highest BCUT2D eigenvalue weighted by Crippen LogP contribution is 2.24. The van der Waals surface area contributed by atoms with Gasteiger partial charge in [0.2, 0.25) is 5.88 Å². The third-order valence-corrected chi connectivity index (χ3v) is 2.62. The van der Waals surface area contributed by atoms with Gasteiger partial charge in [-0.2, -0.15) is 4.98 Å². The summed E-state index contributed by atoms with van der Waals surface area (Å²) in [6.07, 6.45) is 3.29. The predicted octanol–water partition coefficient (Wildman–Crippen LogP) is 0.141. The van der Waals surface area contributed by atoms with Crippen LogP contribution in [0.1, 0.15) is 6.42 Å². The average Bonchev–Trinajstić information content (AvgIpc) is 2.79. The van der Waals surface area contributed by atoms with E-state index in [2.05, 4.69) is 15.3 Å². The second kappa shape index (κ2) is 4.54. The summed E-state index contributed by atoms with van der Waals surface area (Å²) in [6, 6.07) is 0. The van der Waals surface area contributed by atoms with Crippen molar-refractivity contribution in [3.63, 3.8) is 0 Å². The number of carbonyl (C=O) groups is 1. The molecule has 0 radical (unpaired) electrons. The van der Waals surface area contributed by atoms with Crippen LogP contribution in [0.2, 0.25) is 0 Å². The maximum atomic E-state index is 11.3. The third kappa shape index (κ3) is 2.28. The van der Waals surface area contributed by atoms with Crippen molar-refractivity contribution in [2.24, 2.45) is 0 Å². The highest BCUT2D eigenvalue weighted by atomic mass is 16.5. The summed E-state index contributed by atoms with van der Waals surface area (Å²) < 4.78 is 10.0. The Morgan fingerprint density at radius 1 is 1.65 bits per heavy atom. The van der Waals surface area contributed by atoms with Crippen LogP contribution in [0.15, 0.2) is 12.4 Å². The number of methoxy groups -OCH3 is 1. The van der Waals surface area contributed by atoms with Crippen molar-refractivity contribution in [3.8, 4) is 5.88 Å². The van der Waals surface area contributed by atoms with Gasteiger partial charge in [-0.1, -0.05) is 0 Å². The van der Waals surface area contributed by atoms with E-state index in [1.807, 2.05) is 0 Å². The molecule has 2 heterocycles. The van der Waals surface area contributed by atoms with Gasteiger partial charge in [0.05, 0.1) is 26.1 Å². The first kappa shape index (κ1) is 11.6. The fraction of sp³-hybridized carbons (Fsp3) is 0.500. The van der Waals surface area contributed by atoms with E-state index in [9.17, 15) is 9.90 Å². The molecule has 0 aliphatic carbocycles. The zero-order valence-electron chi connectivity index (χ0n) is 9.34. The van der Waals surface area contributed by atoms with E-state index in [0.29, 0.717) is 24.7 Å². The molecule has 1 fully saturated rings. The largest absolute Gasteiger partial charge is 0.480 e. The minimum atomic E-state index is -1.12. The molecule has 1 saturated heterocycles. The third-order valence-electron chi connectivity index (χ3n) is 2.62. The monoisotopic (exact) mass is 239 g/mol. The van der Waals surface area contributed by atoms with Gasteiger partial charge in [-0.25, -0.2) is 4.79 Å². The number of carboxylic acids is 1. The maximum absolute atomic E-state index is 11.3. The van der Waals surface area contributed by atoms with Gasteiger partial charge in [-0.3, -0.25) is 4.98 Å². The molecule has 1 atom stereocenters. The Hall–Kier alpha value is -1.89. The minimum Gasteiger partial charge on any atom is -0.480 e. The van der Waals surface area contributed by atoms with Crippen molar-refractivity contribution >= 4 is 11.8 Å². The normalized spacial score (nSPS) is 23.4. The number of anilines is 1. The average molecular weight is 239 g/mol. The van der Waals surface area contributed by atoms with Crippen molar-refractivity contribution in [3.05, 3.63) is 12.4 Å². The molecule has 0 bridgehead atoms. The molecule has 7 heteroatoms. The number of nitrogens with one attached hydrogen (secondary N) is 1. The van der Waals surface area contributed by atoms with E-state index in [4.69, 9.17) is 9.47 Å². The number of nitrogens with zero attached hydrogens (tertiary/aromatic N) is 2. The Kier molecular flexibility index (Phi) is 3.10. The lowest BCUT2D eigenvalue weighted by atomic mass is 9.99. The van der Waals surface area contributed by atoms with E-state index >= 15 is 0 Å². The number of rotatable bonds is 4. The lowest BCUT2D eigenvalue weighted by Gasteiger charge is -2.24. The van der Waals surface area contributed by atoms with Crippen LogP contribution in [0.4, 0.5) is 5.82 Å². The molecule has 2 N–H and O–H groups in total. The molecule has 92 valence electrons. The molecular weight excluding hydrogens is 226 g/mol. The van der Waals surface area contributed by atoms with Crippen LogP contribution in [0.5, 0.6) is 5.88 Å². The quantitative estimate of drug-likeness (QED) is 0.771. The van der Waals surface area contributed by atoms with Gasteiger partial charge in [-0.05, 0) is 0 Å². The lowest BCUT2D eigenvalue weighted by molar-refractivity contribution is -0.142. The van der Waals surface area contributed by atoms with Crippen LogP contribution < -0.4 is 10.1 Å². The number of hydrogen-bond acceptors (Lipinski definition) is 6. The van der Waals surface area contributed by atoms with Gasteiger partial charge in [-0.15, -0.1) is 0 Å². The molecule has 1 aliphatic heterocycles. The molecule has 17 heavy (non-hydrogen) atoms. The van der Waals surface area contributed by atoms with Gasteiger partial charge in [0.15, 0.2) is 5.54 Å². The smallest absolute Gasteiger partial charge is 0.331 e. The van der Waals surface area contributed by atoms with Gasteiger partial charge in [0, 0.05) is 13.0 Å². The Morgan fingerprint density at radius 3 is 3.06 bits per heavy atom. The first-order valence-corrected chi connectivity index (χ1v) is 5.12. The van der Waals surface area contributed by atoms with Crippen LogP contribution in [0.25, 0.3) is 0 Å². The topological polar surface area (TPSA) is 93.6 Å². The van der Waals surface area contributed by atoms with Crippen LogP contribution in [-0.4, -0.2) is 46.9 Å². The molecule has 1 aromatic rings. The molecule has 1 unspecified atom stereocenters. The van der Waals surface area contributed by atoms with Gasteiger partial charge < -0.3 is 19.9 Å². The van der Waals surface area contributed by atoms with Crippen LogP contribution in [-0.2, 0) is 9.53 Å². The first-order valence-electron chi connectivity index (χ1n) is 5.12. The van der Waals surface area contributed by atoms with Gasteiger partial charge in [0.25, 0.3) is 0 Å². The predicted molar refractivity (Wildman–Crippen MR) is 58.0 cm³/mol. The highest BCUT2D eigenvalue weighted by molar-refractivity contribution is 5.83. The van der Waals surface area contributed by atoms with Crippen LogP contribution >= 0.6 is 0 Å². The van der Waals surface area contributed by atoms with E-state index in [0.717, 1.165) is 0 Å². The molecule has 7 nitrogen and oxygen atoms in total. The number of carboxylic acid groups (broad SMARTS) is 1. The van der Waals surface area contributed by atoms with E-state index in [1.54, 1.807) is 0 Å². The molecular formula is C10H13N3O4. The maximum Gasteiger partial charge on any atom is 0.331 e. The Balaban J connectivity index is 2.20. The van der Waals surface area contributed by atoms with Crippen molar-refractivity contribution in [2.45, 2.75) is 12.0 Å². The van der Waals surface area contributed by atoms with Crippen molar-refractivity contribution in [1.82, 2.24) is 9.97 Å². The summed E-state index contributed by atoms with van der Waals surface area (Å²) in [5, 5.41) is 12.1. The molecule has 0 amide bonds. The number of aromatic nitrogens is 2. The fourth-order valence-corrected chi connectivity index (χ4v) is 1.64. The summed E-state index contributed by atoms with van der Waals surface area (Å²) in [4.78, 5) is 19.2. The summed E-state index contributed by atoms with van der Waals surface area (Å²) in [5.74, 6) is -0.272.